The largest absolute Gasteiger partial charge is 0.490 e. The number of allylic oxidation sites excluding steroid dienone is 1. The van der Waals surface area contributed by atoms with Crippen LogP contribution in [0.2, 0.25) is 0 Å². The van der Waals surface area contributed by atoms with Crippen LogP contribution in [0, 0.1) is 0 Å². The number of nitrogens with zero attached hydrogens (tertiary/aromatic N) is 1. The van der Waals surface area contributed by atoms with Crippen LogP contribution in [0.1, 0.15) is 37.9 Å². The number of carbonyl (C=O) groups excluding carboxylic acids is 3. The fourth-order valence-corrected chi connectivity index (χ4v) is 4.28. The van der Waals surface area contributed by atoms with Crippen LogP contribution in [0.5, 0.6) is 17.2 Å². The smallest absolute Gasteiger partial charge is 0.344 e. The summed E-state index contributed by atoms with van der Waals surface area (Å²) in [5.74, 6) is -0.0112. The molecule has 226 valence electrons. The number of benzene rings is 2. The lowest BCUT2D eigenvalue weighted by atomic mass is 9.95. The minimum atomic E-state index is -1.20. The van der Waals surface area contributed by atoms with Crippen LogP contribution in [0.15, 0.2) is 57.2 Å². The minimum Gasteiger partial charge on any atom is -0.490 e. The second kappa shape index (κ2) is 15.6. The summed E-state index contributed by atoms with van der Waals surface area (Å²) in [4.78, 5) is 36.2. The third-order valence-corrected chi connectivity index (χ3v) is 6.22. The average molecular weight is 649 g/mol. The van der Waals surface area contributed by atoms with Crippen molar-refractivity contribution in [1.29, 1.82) is 0 Å². The van der Waals surface area contributed by atoms with Gasteiger partial charge in [0.1, 0.15) is 12.4 Å². The molecule has 0 saturated heterocycles. The van der Waals surface area contributed by atoms with Gasteiger partial charge < -0.3 is 39.4 Å². The number of carbonyl (C=O) groups is 3. The third-order valence-electron chi connectivity index (χ3n) is 5.72. The molecule has 0 spiro atoms. The van der Waals surface area contributed by atoms with E-state index in [2.05, 4.69) is 37.1 Å². The van der Waals surface area contributed by atoms with Crippen molar-refractivity contribution in [3.63, 3.8) is 0 Å². The van der Waals surface area contributed by atoms with E-state index in [4.69, 9.17) is 23.7 Å². The Morgan fingerprint density at radius 2 is 1.86 bits per heavy atom. The Kier molecular flexibility index (Phi) is 12.0. The highest BCUT2D eigenvalue weighted by Crippen LogP contribution is 2.35. The summed E-state index contributed by atoms with van der Waals surface area (Å²) < 4.78 is 27.6. The number of amides is 2. The van der Waals surface area contributed by atoms with Crippen LogP contribution < -0.4 is 30.3 Å². The van der Waals surface area contributed by atoms with Gasteiger partial charge in [-0.1, -0.05) is 22.0 Å². The lowest BCUT2D eigenvalue weighted by Gasteiger charge is -2.28. The molecule has 0 fully saturated rings. The van der Waals surface area contributed by atoms with Crippen LogP contribution in [0.4, 0.5) is 4.79 Å². The molecule has 13 nitrogen and oxygen atoms in total. The third kappa shape index (κ3) is 8.85. The number of aliphatic hydroxyl groups is 1. The number of esters is 2. The lowest BCUT2D eigenvalue weighted by molar-refractivity contribution is -0.145. The van der Waals surface area contributed by atoms with Crippen molar-refractivity contribution in [3.8, 4) is 17.2 Å². The Hall–Kier alpha value is -4.30. The Morgan fingerprint density at radius 3 is 2.57 bits per heavy atom. The molecular weight excluding hydrogens is 616 g/mol. The summed E-state index contributed by atoms with van der Waals surface area (Å²) in [7, 11) is 1.26. The van der Waals surface area contributed by atoms with Gasteiger partial charge in [0, 0.05) is 15.7 Å². The van der Waals surface area contributed by atoms with Crippen molar-refractivity contribution in [2.45, 2.75) is 33.0 Å². The Labute approximate surface area is 251 Å². The molecule has 0 radical (unpaired) electrons. The number of hydrogen-bond donors (Lipinski definition) is 4. The van der Waals surface area contributed by atoms with E-state index in [-0.39, 0.29) is 25.4 Å². The van der Waals surface area contributed by atoms with Gasteiger partial charge in [-0.05, 0) is 56.7 Å². The zero-order chi connectivity index (χ0) is 30.6. The van der Waals surface area contributed by atoms with Crippen molar-refractivity contribution < 1.29 is 43.2 Å². The Morgan fingerprint density at radius 1 is 1.10 bits per heavy atom. The molecule has 1 aliphatic rings. The highest BCUT2D eigenvalue weighted by atomic mass is 79.9. The topological polar surface area (TPSA) is 166 Å². The van der Waals surface area contributed by atoms with E-state index in [0.717, 1.165) is 4.47 Å². The predicted octanol–water partition coefficient (Wildman–Crippen LogP) is 2.91. The molecule has 0 saturated carbocycles. The molecule has 1 heterocycles. The number of hydrazone groups is 1. The first-order chi connectivity index (χ1) is 20.2. The molecule has 42 heavy (non-hydrogen) atoms. The maximum atomic E-state index is 12.4. The molecule has 1 aliphatic heterocycles. The normalized spacial score (nSPS) is 15.4. The number of hydrogen-bond acceptors (Lipinski definition) is 11. The van der Waals surface area contributed by atoms with Gasteiger partial charge in [0.05, 0.1) is 38.2 Å². The molecule has 0 aliphatic carbocycles. The van der Waals surface area contributed by atoms with Crippen molar-refractivity contribution in [2.24, 2.45) is 5.10 Å². The monoisotopic (exact) mass is 648 g/mol. The van der Waals surface area contributed by atoms with Crippen LogP contribution in [-0.2, 0) is 19.1 Å². The first kappa shape index (κ1) is 32.2. The Bertz CT molecular complexity index is 1350. The second-order valence-electron chi connectivity index (χ2n) is 8.69. The molecule has 0 aromatic heterocycles. The standard InChI is InChI=1S/C28H33BrN4O9/c1-5-39-22-12-17(26-25(27(36)38-4)16(3)31-28(37)32-26)7-9-21(22)41-14-23(34)33-30-13-18-11-19(29)8-10-20(18)42-15-24(35)40-6-2/h7-13,23,26,33-34H,5-6,14-15H2,1-4H3,(H2,31,32,37)/b30-13+/t23-,26+/m1/s1. The highest BCUT2D eigenvalue weighted by Gasteiger charge is 2.32. The van der Waals surface area contributed by atoms with Crippen LogP contribution in [0.3, 0.4) is 0 Å². The van der Waals surface area contributed by atoms with E-state index >= 15 is 0 Å². The maximum absolute atomic E-state index is 12.4. The van der Waals surface area contributed by atoms with Gasteiger partial charge >= 0.3 is 18.0 Å². The molecular formula is C28H33BrN4O9. The number of urea groups is 1. The van der Waals surface area contributed by atoms with Gasteiger partial charge in [-0.15, -0.1) is 0 Å². The van der Waals surface area contributed by atoms with E-state index in [1.165, 1.54) is 13.3 Å². The number of methoxy groups -OCH3 is 1. The molecule has 4 N–H and O–H groups in total. The summed E-state index contributed by atoms with van der Waals surface area (Å²) in [5, 5.41) is 19.8. The van der Waals surface area contributed by atoms with E-state index in [1.807, 2.05) is 0 Å². The van der Waals surface area contributed by atoms with E-state index in [0.29, 0.717) is 40.7 Å². The van der Waals surface area contributed by atoms with Crippen molar-refractivity contribution in [1.82, 2.24) is 16.1 Å². The van der Waals surface area contributed by atoms with Crippen LogP contribution in [-0.4, -0.2) is 69.1 Å². The SMILES string of the molecule is CCOC(=O)COc1ccc(Br)cc1/C=N/N[C@H](O)COc1ccc([C@@H]2NC(=O)NC(C)=C2C(=O)OC)cc1OCC. The molecule has 0 unspecified atom stereocenters. The van der Waals surface area contributed by atoms with Crippen molar-refractivity contribution >= 4 is 40.1 Å². The number of nitrogens with one attached hydrogen (secondary N) is 3. The Balaban J connectivity index is 1.67. The zero-order valence-corrected chi connectivity index (χ0v) is 25.1. The highest BCUT2D eigenvalue weighted by molar-refractivity contribution is 9.10. The molecule has 2 amide bonds. The van der Waals surface area contributed by atoms with Gasteiger partial charge in [0.25, 0.3) is 0 Å². The molecule has 0 bridgehead atoms. The van der Waals surface area contributed by atoms with Crippen LogP contribution in [0.25, 0.3) is 0 Å². The maximum Gasteiger partial charge on any atom is 0.344 e. The fourth-order valence-electron chi connectivity index (χ4n) is 3.91. The summed E-state index contributed by atoms with van der Waals surface area (Å²) >= 11 is 3.38. The number of rotatable bonds is 14. The summed E-state index contributed by atoms with van der Waals surface area (Å²) in [6, 6.07) is 8.86. The summed E-state index contributed by atoms with van der Waals surface area (Å²) in [6.07, 6.45) is 0.225. The lowest BCUT2D eigenvalue weighted by Crippen LogP contribution is -2.45. The quantitative estimate of drug-likeness (QED) is 0.104. The van der Waals surface area contributed by atoms with E-state index in [9.17, 15) is 19.5 Å². The van der Waals surface area contributed by atoms with Crippen molar-refractivity contribution in [3.05, 3.63) is 63.3 Å². The first-order valence-corrected chi connectivity index (χ1v) is 13.8. The minimum absolute atomic E-state index is 0.196. The van der Waals surface area contributed by atoms with Gasteiger partial charge in [0.2, 0.25) is 0 Å². The second-order valence-corrected chi connectivity index (χ2v) is 9.61. The average Bonchev–Trinajstić information content (AvgIpc) is 2.95. The molecule has 3 rings (SSSR count). The van der Waals surface area contributed by atoms with Crippen molar-refractivity contribution in [2.75, 3.05) is 33.5 Å². The summed E-state index contributed by atoms with van der Waals surface area (Å²) in [5.41, 5.74) is 4.31. The van der Waals surface area contributed by atoms with Gasteiger partial charge in [-0.3, -0.25) is 5.43 Å². The number of halogens is 1. The molecule has 2 aromatic rings. The van der Waals surface area contributed by atoms with Gasteiger partial charge in [-0.25, -0.2) is 14.4 Å². The molecule has 2 aromatic carbocycles. The fraction of sp³-hybridized carbons (Fsp3) is 0.357. The van der Waals surface area contributed by atoms with E-state index < -0.39 is 30.2 Å². The number of aliphatic hydroxyl groups excluding tert-OH is 1. The van der Waals surface area contributed by atoms with Crippen LogP contribution >= 0.6 is 15.9 Å². The zero-order valence-electron chi connectivity index (χ0n) is 23.6. The molecule has 2 atom stereocenters. The van der Waals surface area contributed by atoms with Gasteiger partial charge in [-0.2, -0.15) is 5.10 Å². The first-order valence-electron chi connectivity index (χ1n) is 13.0. The van der Waals surface area contributed by atoms with E-state index in [1.54, 1.807) is 57.2 Å². The summed E-state index contributed by atoms with van der Waals surface area (Å²) in [6.45, 7) is 5.23. The van der Waals surface area contributed by atoms with Gasteiger partial charge in [0.15, 0.2) is 24.3 Å². The number of ether oxygens (including phenoxy) is 5. The molecule has 14 heteroatoms. The predicted molar refractivity (Wildman–Crippen MR) is 155 cm³/mol.